The van der Waals surface area contributed by atoms with Crippen molar-refractivity contribution in [1.29, 1.82) is 0 Å². The van der Waals surface area contributed by atoms with E-state index in [9.17, 15) is 13.2 Å². The summed E-state index contributed by atoms with van der Waals surface area (Å²) in [6.07, 6.45) is 3.54. The molecule has 146 valence electrons. The van der Waals surface area contributed by atoms with Crippen molar-refractivity contribution < 1.29 is 13.2 Å². The Morgan fingerprint density at radius 2 is 1.79 bits per heavy atom. The fraction of sp³-hybridized carbons (Fsp3) is 0.348. The molecule has 0 bridgehead atoms. The molecule has 1 fully saturated rings. The van der Waals surface area contributed by atoms with E-state index in [2.05, 4.69) is 19.1 Å². The molecule has 2 aromatic rings. The van der Waals surface area contributed by atoms with E-state index in [1.54, 1.807) is 24.3 Å². The highest BCUT2D eigenvalue weighted by atomic mass is 32.2. The number of unbranched alkanes of at least 4 members (excludes halogenated alkanes) is 1. The number of rotatable bonds is 5. The number of aryl methyl sites for hydroxylation is 1. The number of carbonyl (C=O) groups excluding carboxylic acids is 1. The van der Waals surface area contributed by atoms with Crippen LogP contribution in [-0.2, 0) is 21.2 Å². The van der Waals surface area contributed by atoms with Crippen molar-refractivity contribution in [1.82, 2.24) is 4.31 Å². The molecule has 2 aliphatic rings. The summed E-state index contributed by atoms with van der Waals surface area (Å²) in [6, 6.07) is 14.9. The molecule has 1 atom stereocenters. The Morgan fingerprint density at radius 1 is 1.07 bits per heavy atom. The van der Waals surface area contributed by atoms with Crippen LogP contribution in [0.3, 0.4) is 0 Å². The summed E-state index contributed by atoms with van der Waals surface area (Å²) in [6.45, 7) is 4.27. The predicted octanol–water partition coefficient (Wildman–Crippen LogP) is 4.34. The Balaban J connectivity index is 1.77. The second kappa shape index (κ2) is 7.21. The van der Waals surface area contributed by atoms with Crippen LogP contribution in [0.25, 0.3) is 5.57 Å². The van der Waals surface area contributed by atoms with Crippen LogP contribution in [0, 0.1) is 12.8 Å². The topological polar surface area (TPSA) is 54.5 Å². The standard InChI is InChI=1S/C23H25NO3S/c1-3-4-8-21-20-9-6-5-7-17(20)14-18-15-24(23(25)22(18)21)28(26,27)19-12-10-16(2)11-13-19/h5-7,9-13,18H,3-4,8,14-15H2,1-2H3. The van der Waals surface area contributed by atoms with E-state index in [-0.39, 0.29) is 23.3 Å². The first-order valence-corrected chi connectivity index (χ1v) is 11.3. The maximum absolute atomic E-state index is 13.3. The van der Waals surface area contributed by atoms with E-state index in [1.807, 2.05) is 19.1 Å². The Hall–Kier alpha value is -2.40. The molecule has 1 amide bonds. The third-order valence-corrected chi connectivity index (χ3v) is 7.54. The number of sulfonamides is 1. The minimum absolute atomic E-state index is 0.0607. The SMILES string of the molecule is CCCCC1=C2C(=O)N(S(=O)(=O)c3ccc(C)cc3)CC2Cc2ccccc21. The van der Waals surface area contributed by atoms with Gasteiger partial charge >= 0.3 is 0 Å². The lowest BCUT2D eigenvalue weighted by Crippen LogP contribution is -2.32. The first-order valence-electron chi connectivity index (χ1n) is 9.88. The number of hydrogen-bond acceptors (Lipinski definition) is 3. The Bertz CT molecular complexity index is 1050. The normalized spacial score (nSPS) is 19.0. The lowest BCUT2D eigenvalue weighted by atomic mass is 9.78. The molecule has 0 N–H and O–H groups in total. The number of hydrogen-bond donors (Lipinski definition) is 0. The summed E-state index contributed by atoms with van der Waals surface area (Å²) in [4.78, 5) is 13.5. The van der Waals surface area contributed by atoms with E-state index in [0.29, 0.717) is 12.0 Å². The van der Waals surface area contributed by atoms with Gasteiger partial charge in [0.15, 0.2) is 0 Å². The van der Waals surface area contributed by atoms with E-state index in [0.717, 1.165) is 40.3 Å². The van der Waals surface area contributed by atoms with Crippen LogP contribution in [0.15, 0.2) is 59.0 Å². The first kappa shape index (κ1) is 18.9. The molecule has 5 heteroatoms. The van der Waals surface area contributed by atoms with Crippen LogP contribution in [0.2, 0.25) is 0 Å². The maximum Gasteiger partial charge on any atom is 0.266 e. The molecule has 2 aromatic carbocycles. The van der Waals surface area contributed by atoms with Crippen molar-refractivity contribution in [2.45, 2.75) is 44.4 Å². The molecule has 0 radical (unpaired) electrons. The largest absolute Gasteiger partial charge is 0.268 e. The fourth-order valence-corrected chi connectivity index (χ4v) is 5.72. The number of amides is 1. The molecule has 1 saturated heterocycles. The van der Waals surface area contributed by atoms with Crippen molar-refractivity contribution in [2.24, 2.45) is 5.92 Å². The zero-order valence-corrected chi connectivity index (χ0v) is 17.1. The zero-order chi connectivity index (χ0) is 19.9. The number of nitrogens with zero attached hydrogens (tertiary/aromatic N) is 1. The van der Waals surface area contributed by atoms with Crippen LogP contribution < -0.4 is 0 Å². The van der Waals surface area contributed by atoms with Gasteiger partial charge in [-0.05, 0) is 55.0 Å². The lowest BCUT2D eigenvalue weighted by molar-refractivity contribution is -0.120. The van der Waals surface area contributed by atoms with Crippen LogP contribution in [0.5, 0.6) is 0 Å². The van der Waals surface area contributed by atoms with Crippen LogP contribution >= 0.6 is 0 Å². The van der Waals surface area contributed by atoms with Crippen molar-refractivity contribution in [3.05, 3.63) is 70.8 Å². The highest BCUT2D eigenvalue weighted by Crippen LogP contribution is 2.43. The van der Waals surface area contributed by atoms with Crippen LogP contribution in [0.4, 0.5) is 0 Å². The monoisotopic (exact) mass is 395 g/mol. The van der Waals surface area contributed by atoms with Crippen molar-refractivity contribution in [2.75, 3.05) is 6.54 Å². The molecule has 1 heterocycles. The second-order valence-corrected chi connectivity index (χ2v) is 9.57. The van der Waals surface area contributed by atoms with Gasteiger partial charge in [-0.1, -0.05) is 55.3 Å². The lowest BCUT2D eigenvalue weighted by Gasteiger charge is -2.24. The van der Waals surface area contributed by atoms with Gasteiger partial charge in [-0.2, -0.15) is 0 Å². The fourth-order valence-electron chi connectivity index (χ4n) is 4.30. The van der Waals surface area contributed by atoms with Gasteiger partial charge in [0, 0.05) is 18.0 Å². The number of fused-ring (bicyclic) bond motifs is 2. The third kappa shape index (κ3) is 3.08. The van der Waals surface area contributed by atoms with E-state index >= 15 is 0 Å². The van der Waals surface area contributed by atoms with Gasteiger partial charge in [-0.3, -0.25) is 4.79 Å². The summed E-state index contributed by atoms with van der Waals surface area (Å²) >= 11 is 0. The first-order chi connectivity index (χ1) is 13.4. The number of allylic oxidation sites excluding steroid dienone is 1. The summed E-state index contributed by atoms with van der Waals surface area (Å²) in [5, 5.41) is 0. The molecule has 0 spiro atoms. The quantitative estimate of drug-likeness (QED) is 0.757. The zero-order valence-electron chi connectivity index (χ0n) is 16.3. The third-order valence-electron chi connectivity index (χ3n) is 5.77. The Labute approximate surface area is 166 Å². The van der Waals surface area contributed by atoms with Gasteiger partial charge in [0.25, 0.3) is 15.9 Å². The van der Waals surface area contributed by atoms with Crippen LogP contribution in [-0.4, -0.2) is 25.2 Å². The minimum Gasteiger partial charge on any atom is -0.268 e. The second-order valence-electron chi connectivity index (χ2n) is 7.71. The molecule has 0 aromatic heterocycles. The molecule has 4 rings (SSSR count). The van der Waals surface area contributed by atoms with E-state index in [4.69, 9.17) is 0 Å². The average Bonchev–Trinajstić information content (AvgIpc) is 3.02. The molecular formula is C23H25NO3S. The van der Waals surface area contributed by atoms with Gasteiger partial charge in [-0.25, -0.2) is 12.7 Å². The van der Waals surface area contributed by atoms with Gasteiger partial charge in [0.05, 0.1) is 4.90 Å². The highest BCUT2D eigenvalue weighted by Gasteiger charge is 2.45. The van der Waals surface area contributed by atoms with Gasteiger partial charge in [-0.15, -0.1) is 0 Å². The smallest absolute Gasteiger partial charge is 0.266 e. The summed E-state index contributed by atoms with van der Waals surface area (Å²) < 4.78 is 27.4. The summed E-state index contributed by atoms with van der Waals surface area (Å²) in [7, 11) is -3.84. The number of carbonyl (C=O) groups is 1. The van der Waals surface area contributed by atoms with Crippen LogP contribution in [0.1, 0.15) is 42.9 Å². The molecule has 0 saturated carbocycles. The van der Waals surface area contributed by atoms with Crippen molar-refractivity contribution in [3.63, 3.8) is 0 Å². The number of benzene rings is 2. The summed E-state index contributed by atoms with van der Waals surface area (Å²) in [5.74, 6) is -0.402. The molecular weight excluding hydrogens is 370 g/mol. The highest BCUT2D eigenvalue weighted by molar-refractivity contribution is 7.89. The summed E-state index contributed by atoms with van der Waals surface area (Å²) in [5.41, 5.74) is 5.07. The molecule has 1 unspecified atom stereocenters. The predicted molar refractivity (Wildman–Crippen MR) is 110 cm³/mol. The Kier molecular flexibility index (Phi) is 4.88. The average molecular weight is 396 g/mol. The molecule has 1 aliphatic heterocycles. The Morgan fingerprint density at radius 3 is 2.50 bits per heavy atom. The van der Waals surface area contributed by atoms with Crippen molar-refractivity contribution in [3.8, 4) is 0 Å². The molecule has 4 nitrogen and oxygen atoms in total. The van der Waals surface area contributed by atoms with Gasteiger partial charge in [0.2, 0.25) is 0 Å². The van der Waals surface area contributed by atoms with E-state index < -0.39 is 10.0 Å². The molecule has 28 heavy (non-hydrogen) atoms. The van der Waals surface area contributed by atoms with E-state index in [1.165, 1.54) is 5.56 Å². The molecule has 1 aliphatic carbocycles. The van der Waals surface area contributed by atoms with Gasteiger partial charge in [0.1, 0.15) is 0 Å². The maximum atomic E-state index is 13.3. The van der Waals surface area contributed by atoms with Crippen molar-refractivity contribution >= 4 is 21.5 Å². The van der Waals surface area contributed by atoms with Gasteiger partial charge < -0.3 is 0 Å². The minimum atomic E-state index is -3.84.